The van der Waals surface area contributed by atoms with Crippen LogP contribution in [0.2, 0.25) is 0 Å². The Labute approximate surface area is 86.9 Å². The van der Waals surface area contributed by atoms with Gasteiger partial charge in [-0.1, -0.05) is 38.5 Å². The summed E-state index contributed by atoms with van der Waals surface area (Å²) in [5.41, 5.74) is 0. The molecule has 2 heteroatoms. The zero-order chi connectivity index (χ0) is 10.1. The quantitative estimate of drug-likeness (QED) is 0.503. The molecule has 0 amide bonds. The molecule has 1 aliphatic carbocycles. The minimum atomic E-state index is 0.769. The number of allylic oxidation sites excluding steroid dienone is 2. The summed E-state index contributed by atoms with van der Waals surface area (Å²) >= 11 is 0. The molecule has 0 saturated heterocycles. The van der Waals surface area contributed by atoms with E-state index in [0.717, 1.165) is 25.0 Å². The lowest BCUT2D eigenvalue weighted by Gasteiger charge is -2.06. The lowest BCUT2D eigenvalue weighted by atomic mass is 10.0. The van der Waals surface area contributed by atoms with E-state index >= 15 is 0 Å². The van der Waals surface area contributed by atoms with Crippen molar-refractivity contribution in [2.24, 2.45) is 0 Å². The molecule has 2 nitrogen and oxygen atoms in total. The van der Waals surface area contributed by atoms with Crippen LogP contribution in [-0.2, 0) is 4.89 Å². The number of rotatable bonds is 1. The van der Waals surface area contributed by atoms with Gasteiger partial charge in [0.15, 0.2) is 0 Å². The van der Waals surface area contributed by atoms with E-state index in [9.17, 15) is 0 Å². The molecule has 0 aliphatic heterocycles. The van der Waals surface area contributed by atoms with Crippen LogP contribution in [0.4, 0.5) is 0 Å². The summed E-state index contributed by atoms with van der Waals surface area (Å²) in [5, 5.41) is 8.63. The third kappa shape index (κ3) is 5.28. The Balaban J connectivity index is 2.29. The lowest BCUT2D eigenvalue weighted by molar-refractivity contribution is -0.206. The molecule has 0 unspecified atom stereocenters. The standard InChI is InChI=1S/C12H22O2/c13-14-12-10-8-6-4-2-1-3-5-7-9-11-12/h10,13H,1-9,11H2. The Morgan fingerprint density at radius 3 is 2.07 bits per heavy atom. The zero-order valence-corrected chi connectivity index (χ0v) is 9.00. The Morgan fingerprint density at radius 1 is 0.857 bits per heavy atom. The van der Waals surface area contributed by atoms with Crippen LogP contribution in [0.5, 0.6) is 0 Å². The maximum absolute atomic E-state index is 8.63. The van der Waals surface area contributed by atoms with E-state index in [2.05, 4.69) is 4.89 Å². The van der Waals surface area contributed by atoms with Crippen LogP contribution in [0.1, 0.15) is 64.2 Å². The van der Waals surface area contributed by atoms with Crippen molar-refractivity contribution >= 4 is 0 Å². The third-order valence-electron chi connectivity index (χ3n) is 2.87. The normalized spacial score (nSPS) is 21.6. The fourth-order valence-electron chi connectivity index (χ4n) is 1.95. The largest absolute Gasteiger partial charge is 0.345 e. The monoisotopic (exact) mass is 198 g/mol. The predicted molar refractivity (Wildman–Crippen MR) is 58.0 cm³/mol. The molecular formula is C12H22O2. The third-order valence-corrected chi connectivity index (χ3v) is 2.87. The molecule has 0 bridgehead atoms. The second kappa shape index (κ2) is 7.86. The second-order valence-electron chi connectivity index (χ2n) is 4.13. The van der Waals surface area contributed by atoms with Crippen molar-refractivity contribution in [1.82, 2.24) is 0 Å². The lowest BCUT2D eigenvalue weighted by Crippen LogP contribution is -1.90. The summed E-state index contributed by atoms with van der Waals surface area (Å²) in [7, 11) is 0. The Kier molecular flexibility index (Phi) is 6.50. The highest BCUT2D eigenvalue weighted by atomic mass is 17.1. The van der Waals surface area contributed by atoms with Crippen LogP contribution in [0.15, 0.2) is 11.8 Å². The molecule has 82 valence electrons. The van der Waals surface area contributed by atoms with Gasteiger partial charge in [0.2, 0.25) is 0 Å². The van der Waals surface area contributed by atoms with E-state index in [0.29, 0.717) is 0 Å². The van der Waals surface area contributed by atoms with Gasteiger partial charge in [-0.25, -0.2) is 5.26 Å². The summed E-state index contributed by atoms with van der Waals surface area (Å²) < 4.78 is 0. The molecule has 1 N–H and O–H groups in total. The van der Waals surface area contributed by atoms with Gasteiger partial charge < -0.3 is 4.89 Å². The minimum Gasteiger partial charge on any atom is -0.345 e. The predicted octanol–water partition coefficient (Wildman–Crippen LogP) is 4.27. The summed E-state index contributed by atoms with van der Waals surface area (Å²) in [6, 6.07) is 0. The van der Waals surface area contributed by atoms with Crippen molar-refractivity contribution in [3.8, 4) is 0 Å². The highest BCUT2D eigenvalue weighted by molar-refractivity contribution is 4.91. The van der Waals surface area contributed by atoms with Gasteiger partial charge in [-0.05, 0) is 25.3 Å². The smallest absolute Gasteiger partial charge is 0.138 e. The van der Waals surface area contributed by atoms with Gasteiger partial charge >= 0.3 is 0 Å². The minimum absolute atomic E-state index is 0.769. The molecule has 0 aromatic heterocycles. The van der Waals surface area contributed by atoms with Gasteiger partial charge in [-0.15, -0.1) is 0 Å². The van der Waals surface area contributed by atoms with Crippen molar-refractivity contribution in [3.63, 3.8) is 0 Å². The van der Waals surface area contributed by atoms with Crippen LogP contribution in [0.25, 0.3) is 0 Å². The summed E-state index contributed by atoms with van der Waals surface area (Å²) in [5.74, 6) is 0.769. The topological polar surface area (TPSA) is 29.5 Å². The van der Waals surface area contributed by atoms with Gasteiger partial charge in [-0.3, -0.25) is 0 Å². The van der Waals surface area contributed by atoms with Gasteiger partial charge in [0.1, 0.15) is 5.76 Å². The maximum Gasteiger partial charge on any atom is 0.138 e. The molecule has 0 radical (unpaired) electrons. The van der Waals surface area contributed by atoms with Gasteiger partial charge in [0, 0.05) is 6.42 Å². The van der Waals surface area contributed by atoms with E-state index in [1.165, 1.54) is 44.9 Å². The maximum atomic E-state index is 8.63. The van der Waals surface area contributed by atoms with Crippen LogP contribution in [-0.4, -0.2) is 5.26 Å². The summed E-state index contributed by atoms with van der Waals surface area (Å²) in [4.78, 5) is 4.36. The van der Waals surface area contributed by atoms with Crippen molar-refractivity contribution in [3.05, 3.63) is 11.8 Å². The Bertz CT molecular complexity index is 164. The number of hydrogen-bond acceptors (Lipinski definition) is 2. The van der Waals surface area contributed by atoms with Crippen molar-refractivity contribution < 1.29 is 10.1 Å². The van der Waals surface area contributed by atoms with E-state index in [1.807, 2.05) is 6.08 Å². The van der Waals surface area contributed by atoms with Gasteiger partial charge in [0.25, 0.3) is 0 Å². The van der Waals surface area contributed by atoms with Crippen molar-refractivity contribution in [1.29, 1.82) is 0 Å². The molecule has 14 heavy (non-hydrogen) atoms. The van der Waals surface area contributed by atoms with Crippen LogP contribution < -0.4 is 0 Å². The van der Waals surface area contributed by atoms with Crippen LogP contribution >= 0.6 is 0 Å². The number of hydrogen-bond donors (Lipinski definition) is 1. The van der Waals surface area contributed by atoms with Crippen LogP contribution in [0.3, 0.4) is 0 Å². The van der Waals surface area contributed by atoms with E-state index < -0.39 is 0 Å². The first kappa shape index (κ1) is 11.6. The first-order valence-electron chi connectivity index (χ1n) is 5.94. The SMILES string of the molecule is OOC1=CCCCCCCCCCC1. The molecule has 0 aromatic carbocycles. The van der Waals surface area contributed by atoms with E-state index in [-0.39, 0.29) is 0 Å². The first-order valence-corrected chi connectivity index (χ1v) is 5.94. The van der Waals surface area contributed by atoms with E-state index in [4.69, 9.17) is 5.26 Å². The average molecular weight is 198 g/mol. The average Bonchev–Trinajstić information content (AvgIpc) is 2.19. The molecule has 1 rings (SSSR count). The molecule has 0 atom stereocenters. The molecule has 0 heterocycles. The van der Waals surface area contributed by atoms with Crippen molar-refractivity contribution in [2.45, 2.75) is 64.2 Å². The highest BCUT2D eigenvalue weighted by Crippen LogP contribution is 2.16. The summed E-state index contributed by atoms with van der Waals surface area (Å²) in [6.45, 7) is 0. The Morgan fingerprint density at radius 2 is 1.43 bits per heavy atom. The second-order valence-corrected chi connectivity index (χ2v) is 4.13. The molecule has 1 aliphatic rings. The zero-order valence-electron chi connectivity index (χ0n) is 9.00. The van der Waals surface area contributed by atoms with Gasteiger partial charge in [0.05, 0.1) is 0 Å². The van der Waals surface area contributed by atoms with Crippen molar-refractivity contribution in [2.75, 3.05) is 0 Å². The molecule has 0 spiro atoms. The fraction of sp³-hybridized carbons (Fsp3) is 0.833. The van der Waals surface area contributed by atoms with Gasteiger partial charge in [-0.2, -0.15) is 0 Å². The van der Waals surface area contributed by atoms with E-state index in [1.54, 1.807) is 0 Å². The molecule has 0 fully saturated rings. The molecule has 0 saturated carbocycles. The molecule has 0 aromatic rings. The summed E-state index contributed by atoms with van der Waals surface area (Å²) in [6.07, 6.45) is 14.4. The van der Waals surface area contributed by atoms with Crippen LogP contribution in [0, 0.1) is 0 Å². The fourth-order valence-corrected chi connectivity index (χ4v) is 1.95. The Hall–Kier alpha value is -0.500. The molecular weight excluding hydrogens is 176 g/mol. The first-order chi connectivity index (χ1) is 6.93. The highest BCUT2D eigenvalue weighted by Gasteiger charge is 2.00.